The lowest BCUT2D eigenvalue weighted by Crippen LogP contribution is -2.26. The maximum atomic E-state index is 12.1. The minimum atomic E-state index is -0.212. The van der Waals surface area contributed by atoms with E-state index in [0.717, 1.165) is 50.7 Å². The van der Waals surface area contributed by atoms with Crippen molar-refractivity contribution in [3.8, 4) is 5.75 Å². The molecular formula is C18H26N4O2. The molecule has 1 heterocycles. The van der Waals surface area contributed by atoms with Gasteiger partial charge in [-0.3, -0.25) is 4.79 Å². The Hall–Kier alpha value is -2.18. The fourth-order valence-corrected chi connectivity index (χ4v) is 2.44. The highest BCUT2D eigenvalue weighted by molar-refractivity contribution is 5.95. The SMILES string of the molecule is NCCCCNCCCCNC(=O)c1ccc2cccc(O)c2n1. The Morgan fingerprint density at radius 2 is 1.79 bits per heavy atom. The van der Waals surface area contributed by atoms with E-state index in [2.05, 4.69) is 15.6 Å². The molecule has 130 valence electrons. The van der Waals surface area contributed by atoms with Crippen molar-refractivity contribution in [3.05, 3.63) is 36.0 Å². The van der Waals surface area contributed by atoms with Crippen molar-refractivity contribution in [1.29, 1.82) is 0 Å². The highest BCUT2D eigenvalue weighted by Gasteiger charge is 2.09. The predicted molar refractivity (Wildman–Crippen MR) is 96.1 cm³/mol. The largest absolute Gasteiger partial charge is 0.506 e. The second-order valence-corrected chi connectivity index (χ2v) is 5.75. The van der Waals surface area contributed by atoms with E-state index in [4.69, 9.17) is 5.73 Å². The van der Waals surface area contributed by atoms with Crippen molar-refractivity contribution in [2.24, 2.45) is 5.73 Å². The second kappa shape index (κ2) is 9.85. The van der Waals surface area contributed by atoms with E-state index in [9.17, 15) is 9.90 Å². The van der Waals surface area contributed by atoms with Crippen LogP contribution in [0.25, 0.3) is 10.9 Å². The number of fused-ring (bicyclic) bond motifs is 1. The van der Waals surface area contributed by atoms with E-state index in [1.807, 2.05) is 6.07 Å². The Morgan fingerprint density at radius 1 is 1.04 bits per heavy atom. The van der Waals surface area contributed by atoms with Crippen LogP contribution in [0, 0.1) is 0 Å². The number of unbranched alkanes of at least 4 members (excludes halogenated alkanes) is 2. The van der Waals surface area contributed by atoms with Gasteiger partial charge in [-0.1, -0.05) is 18.2 Å². The van der Waals surface area contributed by atoms with Gasteiger partial charge in [0.1, 0.15) is 17.0 Å². The molecule has 5 N–H and O–H groups in total. The molecule has 2 aromatic rings. The van der Waals surface area contributed by atoms with Crippen LogP contribution < -0.4 is 16.4 Å². The Labute approximate surface area is 142 Å². The summed E-state index contributed by atoms with van der Waals surface area (Å²) in [6.07, 6.45) is 4.08. The van der Waals surface area contributed by atoms with Gasteiger partial charge in [0.05, 0.1) is 0 Å². The molecule has 24 heavy (non-hydrogen) atoms. The number of aromatic hydroxyl groups is 1. The Balaban J connectivity index is 1.70. The highest BCUT2D eigenvalue weighted by Crippen LogP contribution is 2.22. The molecule has 0 spiro atoms. The summed E-state index contributed by atoms with van der Waals surface area (Å²) >= 11 is 0. The fraction of sp³-hybridized carbons (Fsp3) is 0.444. The molecule has 0 saturated heterocycles. The number of phenolic OH excluding ortho intramolecular Hbond substituents is 1. The number of nitrogens with zero attached hydrogens (tertiary/aromatic N) is 1. The van der Waals surface area contributed by atoms with Crippen LogP contribution in [0.15, 0.2) is 30.3 Å². The zero-order valence-electron chi connectivity index (χ0n) is 13.9. The molecule has 0 unspecified atom stereocenters. The summed E-state index contributed by atoms with van der Waals surface area (Å²) < 4.78 is 0. The lowest BCUT2D eigenvalue weighted by molar-refractivity contribution is 0.0948. The van der Waals surface area contributed by atoms with E-state index in [0.29, 0.717) is 17.8 Å². The number of rotatable bonds is 10. The summed E-state index contributed by atoms with van der Waals surface area (Å²) in [5.74, 6) is -0.126. The van der Waals surface area contributed by atoms with Crippen LogP contribution in [-0.4, -0.2) is 42.2 Å². The van der Waals surface area contributed by atoms with Crippen LogP contribution in [0.2, 0.25) is 0 Å². The maximum Gasteiger partial charge on any atom is 0.269 e. The lowest BCUT2D eigenvalue weighted by atomic mass is 10.2. The minimum absolute atomic E-state index is 0.0860. The average Bonchev–Trinajstić information content (AvgIpc) is 2.60. The molecule has 0 aliphatic heterocycles. The topological polar surface area (TPSA) is 100 Å². The summed E-state index contributed by atoms with van der Waals surface area (Å²) in [5, 5.41) is 16.9. The zero-order chi connectivity index (χ0) is 17.2. The number of pyridine rings is 1. The number of nitrogens with one attached hydrogen (secondary N) is 2. The number of nitrogens with two attached hydrogens (primary N) is 1. The van der Waals surface area contributed by atoms with Crippen molar-refractivity contribution in [1.82, 2.24) is 15.6 Å². The van der Waals surface area contributed by atoms with Gasteiger partial charge in [-0.2, -0.15) is 0 Å². The van der Waals surface area contributed by atoms with Gasteiger partial charge in [-0.15, -0.1) is 0 Å². The first-order valence-corrected chi connectivity index (χ1v) is 8.50. The third kappa shape index (κ3) is 5.47. The first kappa shape index (κ1) is 18.2. The van der Waals surface area contributed by atoms with Gasteiger partial charge in [0.15, 0.2) is 0 Å². The number of hydrogen-bond donors (Lipinski definition) is 4. The van der Waals surface area contributed by atoms with Crippen molar-refractivity contribution >= 4 is 16.8 Å². The van der Waals surface area contributed by atoms with E-state index < -0.39 is 0 Å². The van der Waals surface area contributed by atoms with Gasteiger partial charge in [0.25, 0.3) is 5.91 Å². The van der Waals surface area contributed by atoms with Crippen LogP contribution in [0.5, 0.6) is 5.75 Å². The lowest BCUT2D eigenvalue weighted by Gasteiger charge is -2.07. The number of amides is 1. The Kier molecular flexibility index (Phi) is 7.45. The van der Waals surface area contributed by atoms with Crippen LogP contribution in [-0.2, 0) is 0 Å². The van der Waals surface area contributed by atoms with Gasteiger partial charge in [-0.05, 0) is 57.5 Å². The van der Waals surface area contributed by atoms with Crippen LogP contribution in [0.4, 0.5) is 0 Å². The molecule has 0 radical (unpaired) electrons. The van der Waals surface area contributed by atoms with Crippen LogP contribution >= 0.6 is 0 Å². The average molecular weight is 330 g/mol. The minimum Gasteiger partial charge on any atom is -0.506 e. The maximum absolute atomic E-state index is 12.1. The van der Waals surface area contributed by atoms with Crippen LogP contribution in [0.3, 0.4) is 0 Å². The number of aromatic nitrogens is 1. The number of carbonyl (C=O) groups excluding carboxylic acids is 1. The predicted octanol–water partition coefficient (Wildman–Crippen LogP) is 1.78. The molecule has 1 aromatic heterocycles. The summed E-state index contributed by atoms with van der Waals surface area (Å²) in [6, 6.07) is 8.64. The summed E-state index contributed by atoms with van der Waals surface area (Å²) in [6.45, 7) is 3.30. The molecule has 0 fully saturated rings. The normalized spacial score (nSPS) is 10.9. The van der Waals surface area contributed by atoms with Gasteiger partial charge in [0, 0.05) is 11.9 Å². The summed E-state index contributed by atoms with van der Waals surface area (Å²) in [5.41, 5.74) is 6.21. The molecule has 0 atom stereocenters. The van der Waals surface area contributed by atoms with Crippen molar-refractivity contribution in [2.45, 2.75) is 25.7 Å². The third-order valence-electron chi connectivity index (χ3n) is 3.81. The molecule has 2 rings (SSSR count). The molecular weight excluding hydrogens is 304 g/mol. The van der Waals surface area contributed by atoms with E-state index in [-0.39, 0.29) is 11.7 Å². The Morgan fingerprint density at radius 3 is 2.58 bits per heavy atom. The van der Waals surface area contributed by atoms with E-state index in [1.54, 1.807) is 24.3 Å². The number of hydrogen-bond acceptors (Lipinski definition) is 5. The van der Waals surface area contributed by atoms with Gasteiger partial charge < -0.3 is 21.5 Å². The zero-order valence-corrected chi connectivity index (χ0v) is 13.9. The highest BCUT2D eigenvalue weighted by atomic mass is 16.3. The number of carbonyl (C=O) groups is 1. The van der Waals surface area contributed by atoms with Crippen LogP contribution in [0.1, 0.15) is 36.2 Å². The molecule has 0 bridgehead atoms. The molecule has 0 aliphatic carbocycles. The fourth-order valence-electron chi connectivity index (χ4n) is 2.44. The molecule has 0 aliphatic rings. The molecule has 1 aromatic carbocycles. The molecule has 6 nitrogen and oxygen atoms in total. The smallest absolute Gasteiger partial charge is 0.269 e. The second-order valence-electron chi connectivity index (χ2n) is 5.75. The summed E-state index contributed by atoms with van der Waals surface area (Å²) in [7, 11) is 0. The first-order valence-electron chi connectivity index (χ1n) is 8.50. The molecule has 1 amide bonds. The van der Waals surface area contributed by atoms with E-state index >= 15 is 0 Å². The van der Waals surface area contributed by atoms with Gasteiger partial charge >= 0.3 is 0 Å². The standard InChI is InChI=1S/C18H26N4O2/c19-10-1-2-11-20-12-3-4-13-21-18(24)15-9-8-14-6-5-7-16(23)17(14)22-15/h5-9,20,23H,1-4,10-13,19H2,(H,21,24). The number of para-hydroxylation sites is 1. The summed E-state index contributed by atoms with van der Waals surface area (Å²) in [4.78, 5) is 16.4. The quantitative estimate of drug-likeness (QED) is 0.498. The molecule has 6 heteroatoms. The third-order valence-corrected chi connectivity index (χ3v) is 3.81. The monoisotopic (exact) mass is 330 g/mol. The van der Waals surface area contributed by atoms with Crippen molar-refractivity contribution < 1.29 is 9.90 Å². The Bertz CT molecular complexity index is 661. The number of benzene rings is 1. The van der Waals surface area contributed by atoms with E-state index in [1.165, 1.54) is 0 Å². The van der Waals surface area contributed by atoms with Crippen molar-refractivity contribution in [3.63, 3.8) is 0 Å². The molecule has 0 saturated carbocycles. The first-order chi connectivity index (χ1) is 11.7. The van der Waals surface area contributed by atoms with Gasteiger partial charge in [0.2, 0.25) is 0 Å². The van der Waals surface area contributed by atoms with Gasteiger partial charge in [-0.25, -0.2) is 4.98 Å². The van der Waals surface area contributed by atoms with Crippen molar-refractivity contribution in [2.75, 3.05) is 26.2 Å². The number of phenols is 1.